The standard InChI is InChI=1S/C13H16N2O/c1-4-11(14-16)13-9(2)15(3)12-8-6-5-7-10(12)13/h5-8,16H,4H2,1-3H3. The topological polar surface area (TPSA) is 37.5 Å². The molecule has 0 atom stereocenters. The number of hydrogen-bond donors (Lipinski definition) is 1. The van der Waals surface area contributed by atoms with Gasteiger partial charge in [0.25, 0.3) is 0 Å². The van der Waals surface area contributed by atoms with Crippen LogP contribution in [-0.4, -0.2) is 15.5 Å². The van der Waals surface area contributed by atoms with E-state index in [9.17, 15) is 0 Å². The molecule has 1 aromatic heterocycles. The Kier molecular flexibility index (Phi) is 2.69. The van der Waals surface area contributed by atoms with Gasteiger partial charge in [0.05, 0.1) is 5.71 Å². The van der Waals surface area contributed by atoms with Gasteiger partial charge in [-0.25, -0.2) is 0 Å². The van der Waals surface area contributed by atoms with Gasteiger partial charge in [-0.3, -0.25) is 0 Å². The van der Waals surface area contributed by atoms with Crippen LogP contribution in [0.4, 0.5) is 0 Å². The normalized spacial score (nSPS) is 12.3. The van der Waals surface area contributed by atoms with Gasteiger partial charge >= 0.3 is 0 Å². The van der Waals surface area contributed by atoms with E-state index in [-0.39, 0.29) is 0 Å². The van der Waals surface area contributed by atoms with Crippen molar-refractivity contribution in [2.45, 2.75) is 20.3 Å². The minimum Gasteiger partial charge on any atom is -0.411 e. The number of nitrogens with zero attached hydrogens (tertiary/aromatic N) is 2. The van der Waals surface area contributed by atoms with Crippen molar-refractivity contribution in [2.75, 3.05) is 0 Å². The van der Waals surface area contributed by atoms with E-state index in [1.165, 1.54) is 5.52 Å². The monoisotopic (exact) mass is 216 g/mol. The van der Waals surface area contributed by atoms with Gasteiger partial charge in [0.15, 0.2) is 0 Å². The molecule has 0 unspecified atom stereocenters. The van der Waals surface area contributed by atoms with Crippen LogP contribution in [-0.2, 0) is 7.05 Å². The molecule has 3 heteroatoms. The number of hydrogen-bond acceptors (Lipinski definition) is 2. The van der Waals surface area contributed by atoms with E-state index in [1.807, 2.05) is 26.1 Å². The first-order valence-corrected chi connectivity index (χ1v) is 5.46. The highest BCUT2D eigenvalue weighted by Gasteiger charge is 2.15. The molecule has 0 aliphatic rings. The lowest BCUT2D eigenvalue weighted by Crippen LogP contribution is -2.01. The van der Waals surface area contributed by atoms with Gasteiger partial charge in [0, 0.05) is 29.2 Å². The third-order valence-electron chi connectivity index (χ3n) is 3.14. The maximum atomic E-state index is 9.05. The van der Waals surface area contributed by atoms with Gasteiger partial charge in [-0.1, -0.05) is 30.3 Å². The van der Waals surface area contributed by atoms with Gasteiger partial charge in [0.2, 0.25) is 0 Å². The second-order valence-corrected chi connectivity index (χ2v) is 3.94. The van der Waals surface area contributed by atoms with Crippen molar-refractivity contribution in [3.05, 3.63) is 35.5 Å². The smallest absolute Gasteiger partial charge is 0.0889 e. The Hall–Kier alpha value is -1.77. The Morgan fingerprint density at radius 1 is 1.38 bits per heavy atom. The molecule has 1 N–H and O–H groups in total. The fraction of sp³-hybridized carbons (Fsp3) is 0.308. The Morgan fingerprint density at radius 2 is 2.06 bits per heavy atom. The number of fused-ring (bicyclic) bond motifs is 1. The predicted molar refractivity (Wildman–Crippen MR) is 66.3 cm³/mol. The minimum atomic E-state index is 0.728. The zero-order valence-electron chi connectivity index (χ0n) is 9.86. The van der Waals surface area contributed by atoms with Crippen LogP contribution in [0.25, 0.3) is 10.9 Å². The largest absolute Gasteiger partial charge is 0.411 e. The SMILES string of the molecule is CCC(=NO)c1c(C)n(C)c2ccccc12. The summed E-state index contributed by atoms with van der Waals surface area (Å²) in [5.74, 6) is 0. The molecule has 0 aliphatic heterocycles. The van der Waals surface area contributed by atoms with Crippen molar-refractivity contribution in [2.24, 2.45) is 12.2 Å². The Bertz CT molecular complexity index is 552. The molecule has 84 valence electrons. The number of aromatic nitrogens is 1. The van der Waals surface area contributed by atoms with Gasteiger partial charge in [-0.2, -0.15) is 0 Å². The van der Waals surface area contributed by atoms with E-state index < -0.39 is 0 Å². The molecule has 0 saturated carbocycles. The molecule has 1 heterocycles. The summed E-state index contributed by atoms with van der Waals surface area (Å²) in [6.45, 7) is 4.05. The molecule has 16 heavy (non-hydrogen) atoms. The number of oxime groups is 1. The molecule has 0 fully saturated rings. The van der Waals surface area contributed by atoms with Crippen molar-refractivity contribution >= 4 is 16.6 Å². The number of benzene rings is 1. The molecule has 0 bridgehead atoms. The molecule has 0 amide bonds. The molecular formula is C13H16N2O. The second kappa shape index (κ2) is 4.00. The second-order valence-electron chi connectivity index (χ2n) is 3.94. The van der Waals surface area contributed by atoms with Crippen molar-refractivity contribution in [1.82, 2.24) is 4.57 Å². The Morgan fingerprint density at radius 3 is 2.69 bits per heavy atom. The lowest BCUT2D eigenvalue weighted by molar-refractivity contribution is 0.318. The van der Waals surface area contributed by atoms with E-state index in [0.29, 0.717) is 0 Å². The van der Waals surface area contributed by atoms with E-state index in [4.69, 9.17) is 5.21 Å². The predicted octanol–water partition coefficient (Wildman–Crippen LogP) is 3.08. The lowest BCUT2D eigenvalue weighted by atomic mass is 10.0. The van der Waals surface area contributed by atoms with Crippen molar-refractivity contribution < 1.29 is 5.21 Å². The summed E-state index contributed by atoms with van der Waals surface area (Å²) in [4.78, 5) is 0. The van der Waals surface area contributed by atoms with Crippen LogP contribution in [0.5, 0.6) is 0 Å². The fourth-order valence-corrected chi connectivity index (χ4v) is 2.18. The average molecular weight is 216 g/mol. The highest BCUT2D eigenvalue weighted by molar-refractivity contribution is 6.11. The first-order valence-electron chi connectivity index (χ1n) is 5.46. The summed E-state index contributed by atoms with van der Waals surface area (Å²) < 4.78 is 2.13. The van der Waals surface area contributed by atoms with Crippen LogP contribution < -0.4 is 0 Å². The summed E-state index contributed by atoms with van der Waals surface area (Å²) in [7, 11) is 2.03. The molecule has 0 radical (unpaired) electrons. The van der Waals surface area contributed by atoms with E-state index in [2.05, 4.69) is 28.8 Å². The summed E-state index contributed by atoms with van der Waals surface area (Å²) in [5, 5.41) is 13.6. The Labute approximate surface area is 95.0 Å². The summed E-state index contributed by atoms with van der Waals surface area (Å²) in [6.07, 6.45) is 0.728. The van der Waals surface area contributed by atoms with E-state index in [1.54, 1.807) is 0 Å². The highest BCUT2D eigenvalue weighted by atomic mass is 16.4. The van der Waals surface area contributed by atoms with Gasteiger partial charge in [-0.15, -0.1) is 0 Å². The first-order chi connectivity index (χ1) is 7.70. The van der Waals surface area contributed by atoms with Crippen molar-refractivity contribution in [3.8, 4) is 0 Å². The van der Waals surface area contributed by atoms with Gasteiger partial charge in [-0.05, 0) is 19.4 Å². The highest BCUT2D eigenvalue weighted by Crippen LogP contribution is 2.26. The zero-order chi connectivity index (χ0) is 11.7. The summed E-state index contributed by atoms with van der Waals surface area (Å²) in [5.41, 5.74) is 4.11. The minimum absolute atomic E-state index is 0.728. The molecular weight excluding hydrogens is 200 g/mol. The number of rotatable bonds is 2. The van der Waals surface area contributed by atoms with Crippen LogP contribution in [0.3, 0.4) is 0 Å². The maximum Gasteiger partial charge on any atom is 0.0889 e. The van der Waals surface area contributed by atoms with Gasteiger partial charge < -0.3 is 9.77 Å². The average Bonchev–Trinajstić information content (AvgIpc) is 2.57. The van der Waals surface area contributed by atoms with Crippen molar-refractivity contribution in [1.29, 1.82) is 0 Å². The van der Waals surface area contributed by atoms with Crippen LogP contribution >= 0.6 is 0 Å². The maximum absolute atomic E-state index is 9.05. The summed E-state index contributed by atoms with van der Waals surface area (Å²) >= 11 is 0. The van der Waals surface area contributed by atoms with E-state index >= 15 is 0 Å². The molecule has 2 rings (SSSR count). The van der Waals surface area contributed by atoms with Crippen molar-refractivity contribution in [3.63, 3.8) is 0 Å². The van der Waals surface area contributed by atoms with Crippen LogP contribution in [0.1, 0.15) is 24.6 Å². The van der Waals surface area contributed by atoms with Crippen LogP contribution in [0.15, 0.2) is 29.4 Å². The third kappa shape index (κ3) is 1.40. The molecule has 1 aromatic carbocycles. The number of aryl methyl sites for hydroxylation is 1. The summed E-state index contributed by atoms with van der Waals surface area (Å²) in [6, 6.07) is 8.18. The molecule has 0 saturated heterocycles. The van der Waals surface area contributed by atoms with E-state index in [0.717, 1.165) is 28.8 Å². The van der Waals surface area contributed by atoms with Crippen LogP contribution in [0.2, 0.25) is 0 Å². The molecule has 2 aromatic rings. The fourth-order valence-electron chi connectivity index (χ4n) is 2.18. The van der Waals surface area contributed by atoms with Gasteiger partial charge in [0.1, 0.15) is 0 Å². The molecule has 0 aliphatic carbocycles. The lowest BCUT2D eigenvalue weighted by Gasteiger charge is -2.02. The first kappa shape index (κ1) is 10.7. The quantitative estimate of drug-likeness (QED) is 0.467. The zero-order valence-corrected chi connectivity index (χ0v) is 9.86. The molecule has 3 nitrogen and oxygen atoms in total. The Balaban J connectivity index is 2.83. The van der Waals surface area contributed by atoms with Crippen LogP contribution in [0, 0.1) is 6.92 Å². The third-order valence-corrected chi connectivity index (χ3v) is 3.14. The molecule has 0 spiro atoms. The number of para-hydroxylation sites is 1.